The molecule has 0 bridgehead atoms. The summed E-state index contributed by atoms with van der Waals surface area (Å²) in [7, 11) is 7.45. The van der Waals surface area contributed by atoms with Crippen LogP contribution in [0.4, 0.5) is 11.4 Å². The Balaban J connectivity index is 1.73. The van der Waals surface area contributed by atoms with Gasteiger partial charge in [-0.2, -0.15) is 0 Å². The van der Waals surface area contributed by atoms with Crippen molar-refractivity contribution >= 4 is 28.9 Å². The number of carbonyl (C=O) groups is 1. The number of hydrogen-bond donors (Lipinski definition) is 3. The zero-order valence-corrected chi connectivity index (χ0v) is 26.2. The lowest BCUT2D eigenvalue weighted by Crippen LogP contribution is -2.30. The molecule has 0 saturated heterocycles. The Labute approximate surface area is 247 Å². The molecule has 1 aromatic heterocycles. The molecule has 0 unspecified atom stereocenters. The predicted molar refractivity (Wildman–Crippen MR) is 175 cm³/mol. The van der Waals surface area contributed by atoms with E-state index in [1.54, 1.807) is 19.0 Å². The van der Waals surface area contributed by atoms with Gasteiger partial charge in [-0.15, -0.1) is 0 Å². The average Bonchev–Trinajstić information content (AvgIpc) is 2.96. The van der Waals surface area contributed by atoms with Crippen molar-refractivity contribution in [1.29, 1.82) is 0 Å². The van der Waals surface area contributed by atoms with Gasteiger partial charge in [-0.25, -0.2) is 0 Å². The van der Waals surface area contributed by atoms with Crippen LogP contribution in [-0.2, 0) is 0 Å². The molecule has 2 heterocycles. The summed E-state index contributed by atoms with van der Waals surface area (Å²) in [6.45, 7) is 11.3. The van der Waals surface area contributed by atoms with Crippen LogP contribution < -0.4 is 16.0 Å². The molecular weight excluding hydrogens is 508 g/mol. The maximum atomic E-state index is 12.6. The number of rotatable bonds is 12. The van der Waals surface area contributed by atoms with Crippen LogP contribution >= 0.6 is 0 Å². The number of nitrogens with zero attached hydrogens (tertiary/aromatic N) is 3. The molecular formula is C34H48N6O. The minimum absolute atomic E-state index is 0.0203. The molecule has 220 valence electrons. The largest absolute Gasteiger partial charge is 0.388 e. The molecule has 0 saturated carbocycles. The second-order valence-electron chi connectivity index (χ2n) is 10.9. The maximum absolute atomic E-state index is 12.6. The average molecular weight is 557 g/mol. The number of carbonyl (C=O) groups excluding carboxylic acids is 1. The highest BCUT2D eigenvalue weighted by Gasteiger charge is 2.20. The Hall–Kier alpha value is -3.84. The van der Waals surface area contributed by atoms with Crippen LogP contribution in [0.25, 0.3) is 11.6 Å². The number of nitrogens with one attached hydrogen (secondary N) is 3. The molecule has 0 fully saturated rings. The molecule has 3 N–H and O–H groups in total. The second-order valence-corrected chi connectivity index (χ2v) is 10.9. The first-order valence-corrected chi connectivity index (χ1v) is 14.6. The molecule has 1 aliphatic heterocycles. The van der Waals surface area contributed by atoms with Gasteiger partial charge < -0.3 is 20.9 Å². The van der Waals surface area contributed by atoms with E-state index < -0.39 is 0 Å². The van der Waals surface area contributed by atoms with E-state index in [4.69, 9.17) is 0 Å². The summed E-state index contributed by atoms with van der Waals surface area (Å²) in [6, 6.07) is 6.01. The van der Waals surface area contributed by atoms with Gasteiger partial charge in [0, 0.05) is 99.7 Å². The summed E-state index contributed by atoms with van der Waals surface area (Å²) in [5, 5.41) is 10.0. The van der Waals surface area contributed by atoms with Crippen LogP contribution in [0.2, 0.25) is 0 Å². The van der Waals surface area contributed by atoms with Gasteiger partial charge in [-0.1, -0.05) is 37.1 Å². The third-order valence-electron chi connectivity index (χ3n) is 7.37. The van der Waals surface area contributed by atoms with Crippen molar-refractivity contribution in [3.8, 4) is 0 Å². The van der Waals surface area contributed by atoms with Crippen LogP contribution in [0, 0.1) is 13.8 Å². The molecule has 41 heavy (non-hydrogen) atoms. The van der Waals surface area contributed by atoms with Crippen molar-refractivity contribution in [2.45, 2.75) is 47.0 Å². The number of aromatic nitrogens is 1. The van der Waals surface area contributed by atoms with Crippen molar-refractivity contribution in [3.05, 3.63) is 88.0 Å². The Kier molecular flexibility index (Phi) is 11.8. The zero-order chi connectivity index (χ0) is 29.9. The molecule has 3 rings (SSSR count). The third kappa shape index (κ3) is 8.57. The monoisotopic (exact) mass is 556 g/mol. The quantitative estimate of drug-likeness (QED) is 0.261. The Morgan fingerprint density at radius 2 is 1.95 bits per heavy atom. The number of benzene rings is 1. The number of aryl methyl sites for hydroxylation is 2. The third-order valence-corrected chi connectivity index (χ3v) is 7.37. The lowest BCUT2D eigenvalue weighted by Gasteiger charge is -2.28. The first-order valence-electron chi connectivity index (χ1n) is 14.6. The summed E-state index contributed by atoms with van der Waals surface area (Å²) in [5.74, 6) is 0.0203. The minimum Gasteiger partial charge on any atom is -0.388 e. The second kappa shape index (κ2) is 15.2. The molecule has 7 nitrogen and oxygen atoms in total. The van der Waals surface area contributed by atoms with E-state index in [0.717, 1.165) is 72.8 Å². The van der Waals surface area contributed by atoms with Gasteiger partial charge in [0.15, 0.2) is 0 Å². The van der Waals surface area contributed by atoms with Gasteiger partial charge in [0.05, 0.1) is 0 Å². The Morgan fingerprint density at radius 3 is 2.59 bits per heavy atom. The van der Waals surface area contributed by atoms with E-state index in [-0.39, 0.29) is 5.91 Å². The number of hydrogen-bond acceptors (Lipinski definition) is 6. The van der Waals surface area contributed by atoms with Crippen molar-refractivity contribution in [3.63, 3.8) is 0 Å². The SMILES string of the molecule is CCC/C=C(\C=C/Nc1ccnc(C)c1/C=C(\C)CN1CC=C(c2c(C)cc(C(=O)N(C)C)cc2NC)CC1)NC. The van der Waals surface area contributed by atoms with Gasteiger partial charge in [-0.05, 0) is 69.0 Å². The molecule has 2 aromatic rings. The maximum Gasteiger partial charge on any atom is 0.253 e. The topological polar surface area (TPSA) is 72.5 Å². The molecule has 0 aliphatic carbocycles. The van der Waals surface area contributed by atoms with Crippen LogP contribution in [-0.4, -0.2) is 68.5 Å². The molecule has 1 aromatic carbocycles. The lowest BCUT2D eigenvalue weighted by molar-refractivity contribution is 0.0827. The predicted octanol–water partition coefficient (Wildman–Crippen LogP) is 6.46. The van der Waals surface area contributed by atoms with Gasteiger partial charge >= 0.3 is 0 Å². The normalized spacial score (nSPS) is 14.7. The molecule has 1 aliphatic rings. The Morgan fingerprint density at radius 1 is 1.17 bits per heavy atom. The summed E-state index contributed by atoms with van der Waals surface area (Å²) in [4.78, 5) is 21.2. The summed E-state index contributed by atoms with van der Waals surface area (Å²) in [5.41, 5.74) is 11.0. The summed E-state index contributed by atoms with van der Waals surface area (Å²) in [6.07, 6.45) is 15.9. The standard InChI is InChI=1S/C34H48N6O/c1-9-10-11-29(35-5)12-16-38-31-13-17-37-26(4)30(31)20-24(2)23-40-18-14-27(15-19-40)33-25(3)21-28(22-32(33)36-6)34(41)39(7)8/h11-14,16-17,20-22,35-36H,9-10,15,18-19,23H2,1-8H3,(H,37,38)/b16-12-,24-20+,29-11+. The van der Waals surface area contributed by atoms with Crippen LogP contribution in [0.1, 0.15) is 65.9 Å². The van der Waals surface area contributed by atoms with E-state index in [1.165, 1.54) is 16.7 Å². The fourth-order valence-electron chi connectivity index (χ4n) is 5.18. The van der Waals surface area contributed by atoms with Crippen molar-refractivity contribution in [1.82, 2.24) is 20.1 Å². The number of likely N-dealkylation sites (N-methyl/N-ethyl adjacent to an activating group) is 1. The fraction of sp³-hybridized carbons (Fsp3) is 0.412. The van der Waals surface area contributed by atoms with Crippen molar-refractivity contribution in [2.24, 2.45) is 0 Å². The van der Waals surface area contributed by atoms with E-state index >= 15 is 0 Å². The smallest absolute Gasteiger partial charge is 0.253 e. The summed E-state index contributed by atoms with van der Waals surface area (Å²) >= 11 is 0. The van der Waals surface area contributed by atoms with Gasteiger partial charge in [0.25, 0.3) is 5.91 Å². The number of amides is 1. The number of allylic oxidation sites excluding steroid dienone is 2. The molecule has 0 atom stereocenters. The van der Waals surface area contributed by atoms with Crippen molar-refractivity contribution < 1.29 is 4.79 Å². The van der Waals surface area contributed by atoms with Gasteiger partial charge in [0.1, 0.15) is 0 Å². The van der Waals surface area contributed by atoms with E-state index in [0.29, 0.717) is 5.56 Å². The summed E-state index contributed by atoms with van der Waals surface area (Å²) < 4.78 is 0. The number of unbranched alkanes of at least 4 members (excludes halogenated alkanes) is 1. The van der Waals surface area contributed by atoms with Crippen LogP contribution in [0.3, 0.4) is 0 Å². The van der Waals surface area contributed by atoms with E-state index in [2.05, 4.69) is 77.8 Å². The molecule has 0 radical (unpaired) electrons. The zero-order valence-electron chi connectivity index (χ0n) is 26.2. The highest BCUT2D eigenvalue weighted by atomic mass is 16.2. The molecule has 0 spiro atoms. The first kappa shape index (κ1) is 31.7. The van der Waals surface area contributed by atoms with Crippen LogP contribution in [0.5, 0.6) is 0 Å². The van der Waals surface area contributed by atoms with Crippen LogP contribution in [0.15, 0.2) is 60.1 Å². The first-order chi connectivity index (χ1) is 19.7. The van der Waals surface area contributed by atoms with Gasteiger partial charge in [-0.3, -0.25) is 14.7 Å². The molecule has 1 amide bonds. The highest BCUT2D eigenvalue weighted by molar-refractivity contribution is 5.96. The molecule has 7 heteroatoms. The number of anilines is 2. The number of pyridine rings is 1. The van der Waals surface area contributed by atoms with Crippen molar-refractivity contribution in [2.75, 3.05) is 58.5 Å². The van der Waals surface area contributed by atoms with E-state index in [9.17, 15) is 4.79 Å². The Bertz CT molecular complexity index is 1330. The minimum atomic E-state index is 0.0203. The van der Waals surface area contributed by atoms with E-state index in [1.807, 2.05) is 44.7 Å². The van der Waals surface area contributed by atoms with Gasteiger partial charge in [0.2, 0.25) is 0 Å². The highest BCUT2D eigenvalue weighted by Crippen LogP contribution is 2.33. The fourth-order valence-corrected chi connectivity index (χ4v) is 5.18. The lowest BCUT2D eigenvalue weighted by atomic mass is 9.91.